The topological polar surface area (TPSA) is 69.7 Å². The van der Waals surface area contributed by atoms with Crippen LogP contribution in [0.25, 0.3) is 0 Å². The monoisotopic (exact) mass is 379 g/mol. The third kappa shape index (κ3) is 4.98. The average molecular weight is 380 g/mol. The highest BCUT2D eigenvalue weighted by Gasteiger charge is 2.25. The van der Waals surface area contributed by atoms with Crippen molar-refractivity contribution in [2.75, 3.05) is 42.1 Å². The predicted molar refractivity (Wildman–Crippen MR) is 105 cm³/mol. The molecular weight excluding hydrogens is 350 g/mol. The molecule has 0 saturated carbocycles. The third-order valence-corrected chi connectivity index (χ3v) is 7.22. The molecule has 2 heterocycles. The van der Waals surface area contributed by atoms with E-state index >= 15 is 0 Å². The minimum atomic E-state index is -3.31. The maximum Gasteiger partial charge on any atom is 0.225 e. The second-order valence-corrected chi connectivity index (χ2v) is 9.53. The predicted octanol–water partition coefficient (Wildman–Crippen LogP) is 2.68. The van der Waals surface area contributed by atoms with E-state index in [-0.39, 0.29) is 18.1 Å². The summed E-state index contributed by atoms with van der Waals surface area (Å²) in [7, 11) is -3.31. The molecule has 3 rings (SSSR count). The molecule has 1 amide bonds. The van der Waals surface area contributed by atoms with Gasteiger partial charge in [-0.25, -0.2) is 12.7 Å². The van der Waals surface area contributed by atoms with Crippen molar-refractivity contribution >= 4 is 27.3 Å². The Kier molecular flexibility index (Phi) is 6.19. The van der Waals surface area contributed by atoms with Crippen LogP contribution in [0.4, 0.5) is 11.4 Å². The minimum absolute atomic E-state index is 0.00933. The van der Waals surface area contributed by atoms with E-state index in [4.69, 9.17) is 0 Å². The molecule has 144 valence electrons. The van der Waals surface area contributed by atoms with Crippen LogP contribution < -0.4 is 10.2 Å². The van der Waals surface area contributed by atoms with Crippen molar-refractivity contribution in [3.63, 3.8) is 0 Å². The summed E-state index contributed by atoms with van der Waals surface area (Å²) >= 11 is 0. The normalized spacial score (nSPS) is 19.7. The van der Waals surface area contributed by atoms with Crippen molar-refractivity contribution < 1.29 is 13.2 Å². The lowest BCUT2D eigenvalue weighted by Gasteiger charge is -2.32. The van der Waals surface area contributed by atoms with Crippen molar-refractivity contribution in [3.05, 3.63) is 24.3 Å². The fourth-order valence-electron chi connectivity index (χ4n) is 3.56. The quantitative estimate of drug-likeness (QED) is 0.825. The smallest absolute Gasteiger partial charge is 0.225 e. The Morgan fingerprint density at radius 1 is 1.08 bits per heavy atom. The van der Waals surface area contributed by atoms with Crippen LogP contribution in [-0.4, -0.2) is 50.6 Å². The van der Waals surface area contributed by atoms with Gasteiger partial charge in [0.2, 0.25) is 15.9 Å². The lowest BCUT2D eigenvalue weighted by atomic mass is 9.99. The van der Waals surface area contributed by atoms with Gasteiger partial charge >= 0.3 is 0 Å². The first-order chi connectivity index (χ1) is 12.4. The molecular formula is C19H29N3O3S. The summed E-state index contributed by atoms with van der Waals surface area (Å²) in [6.07, 6.45) is 4.24. The number of nitrogens with one attached hydrogen (secondary N) is 1. The van der Waals surface area contributed by atoms with Crippen LogP contribution in [0, 0.1) is 5.92 Å². The lowest BCUT2D eigenvalue weighted by molar-refractivity contribution is -0.115. The van der Waals surface area contributed by atoms with E-state index in [1.54, 1.807) is 0 Å². The molecule has 0 atom stereocenters. The summed E-state index contributed by atoms with van der Waals surface area (Å²) in [5.74, 6) is 0.414. The maximum atomic E-state index is 12.2. The molecule has 2 saturated heterocycles. The fourth-order valence-corrected chi connectivity index (χ4v) is 5.08. The lowest BCUT2D eigenvalue weighted by Crippen LogP contribution is -2.32. The number of hydrogen-bond donors (Lipinski definition) is 1. The Morgan fingerprint density at radius 2 is 1.69 bits per heavy atom. The van der Waals surface area contributed by atoms with Gasteiger partial charge < -0.3 is 10.2 Å². The Bertz CT molecular complexity index is 704. The van der Waals surface area contributed by atoms with Gasteiger partial charge in [0.1, 0.15) is 0 Å². The van der Waals surface area contributed by atoms with Crippen LogP contribution in [0.1, 0.15) is 39.0 Å². The van der Waals surface area contributed by atoms with Crippen molar-refractivity contribution in [2.45, 2.75) is 39.0 Å². The summed E-state index contributed by atoms with van der Waals surface area (Å²) < 4.78 is 25.8. The number of anilines is 2. The third-order valence-electron chi connectivity index (χ3n) is 5.35. The zero-order valence-electron chi connectivity index (χ0n) is 15.5. The molecule has 0 unspecified atom stereocenters. The molecule has 7 heteroatoms. The zero-order chi connectivity index (χ0) is 18.6. The Labute approximate surface area is 156 Å². The largest absolute Gasteiger partial charge is 0.372 e. The molecule has 0 radical (unpaired) electrons. The number of benzene rings is 1. The second kappa shape index (κ2) is 8.39. The Hall–Kier alpha value is -1.60. The zero-order valence-corrected chi connectivity index (χ0v) is 16.3. The molecule has 2 fully saturated rings. The molecule has 6 nitrogen and oxygen atoms in total. The van der Waals surface area contributed by atoms with Gasteiger partial charge in [-0.05, 0) is 55.9 Å². The molecule has 2 aliphatic heterocycles. The van der Waals surface area contributed by atoms with Crippen molar-refractivity contribution in [2.24, 2.45) is 5.92 Å². The number of amides is 1. The fraction of sp³-hybridized carbons (Fsp3) is 0.632. The average Bonchev–Trinajstić information content (AvgIpc) is 3.17. The minimum Gasteiger partial charge on any atom is -0.372 e. The number of carbonyl (C=O) groups is 1. The van der Waals surface area contributed by atoms with E-state index in [0.29, 0.717) is 18.8 Å². The number of sulfonamides is 1. The van der Waals surface area contributed by atoms with E-state index in [1.807, 2.05) is 24.3 Å². The Balaban J connectivity index is 1.48. The van der Waals surface area contributed by atoms with Crippen LogP contribution in [0.3, 0.4) is 0 Å². The standard InChI is InChI=1S/C19H29N3O3S/c1-16-8-13-21(14-9-16)18-6-4-17(5-7-18)20-19(23)10-15-26(24,25)22-11-2-3-12-22/h4-7,16H,2-3,8-15H2,1H3,(H,20,23). The van der Waals surface area contributed by atoms with Gasteiger partial charge in [0.25, 0.3) is 0 Å². The molecule has 0 spiro atoms. The van der Waals surface area contributed by atoms with Gasteiger partial charge in [0.15, 0.2) is 0 Å². The van der Waals surface area contributed by atoms with Gasteiger partial charge in [-0.15, -0.1) is 0 Å². The van der Waals surface area contributed by atoms with Gasteiger partial charge in [-0.3, -0.25) is 4.79 Å². The van der Waals surface area contributed by atoms with Gasteiger partial charge in [-0.2, -0.15) is 0 Å². The van der Waals surface area contributed by atoms with E-state index < -0.39 is 10.0 Å². The molecule has 2 aliphatic rings. The summed E-state index contributed by atoms with van der Waals surface area (Å²) in [5, 5.41) is 2.80. The van der Waals surface area contributed by atoms with Crippen LogP contribution >= 0.6 is 0 Å². The first-order valence-corrected chi connectivity index (χ1v) is 11.2. The van der Waals surface area contributed by atoms with Crippen LogP contribution in [0.2, 0.25) is 0 Å². The highest BCUT2D eigenvalue weighted by Crippen LogP contribution is 2.24. The Morgan fingerprint density at radius 3 is 2.31 bits per heavy atom. The van der Waals surface area contributed by atoms with E-state index in [0.717, 1.165) is 31.8 Å². The number of piperidine rings is 1. The summed E-state index contributed by atoms with van der Waals surface area (Å²) in [5.41, 5.74) is 1.88. The van der Waals surface area contributed by atoms with Gasteiger partial charge in [0.05, 0.1) is 5.75 Å². The van der Waals surface area contributed by atoms with Crippen molar-refractivity contribution in [1.82, 2.24) is 4.31 Å². The highest BCUT2D eigenvalue weighted by atomic mass is 32.2. The molecule has 1 aromatic rings. The maximum absolute atomic E-state index is 12.2. The van der Waals surface area contributed by atoms with Crippen molar-refractivity contribution in [1.29, 1.82) is 0 Å². The molecule has 0 bridgehead atoms. The summed E-state index contributed by atoms with van der Waals surface area (Å²) in [4.78, 5) is 14.5. The molecule has 1 aromatic carbocycles. The summed E-state index contributed by atoms with van der Waals surface area (Å²) in [6.45, 7) is 5.60. The van der Waals surface area contributed by atoms with E-state index in [2.05, 4.69) is 17.1 Å². The SMILES string of the molecule is CC1CCN(c2ccc(NC(=O)CCS(=O)(=O)N3CCCC3)cc2)CC1. The van der Waals surface area contributed by atoms with Gasteiger partial charge in [0, 0.05) is 44.0 Å². The van der Waals surface area contributed by atoms with Crippen LogP contribution in [0.15, 0.2) is 24.3 Å². The molecule has 0 aromatic heterocycles. The van der Waals surface area contributed by atoms with E-state index in [1.165, 1.54) is 22.8 Å². The number of nitrogens with zero attached hydrogens (tertiary/aromatic N) is 2. The van der Waals surface area contributed by atoms with Gasteiger partial charge in [-0.1, -0.05) is 6.92 Å². The van der Waals surface area contributed by atoms with Crippen LogP contribution in [0.5, 0.6) is 0 Å². The molecule has 26 heavy (non-hydrogen) atoms. The summed E-state index contributed by atoms with van der Waals surface area (Å²) in [6, 6.07) is 7.82. The number of hydrogen-bond acceptors (Lipinski definition) is 4. The molecule has 1 N–H and O–H groups in total. The first-order valence-electron chi connectivity index (χ1n) is 9.57. The van der Waals surface area contributed by atoms with Crippen molar-refractivity contribution in [3.8, 4) is 0 Å². The highest BCUT2D eigenvalue weighted by molar-refractivity contribution is 7.89. The molecule has 0 aliphatic carbocycles. The second-order valence-electron chi connectivity index (χ2n) is 7.44. The first kappa shape index (κ1) is 19.2. The number of carbonyl (C=O) groups excluding carboxylic acids is 1. The van der Waals surface area contributed by atoms with E-state index in [9.17, 15) is 13.2 Å². The number of rotatable bonds is 6. The van der Waals surface area contributed by atoms with Crippen LogP contribution in [-0.2, 0) is 14.8 Å².